The van der Waals surface area contributed by atoms with Gasteiger partial charge in [-0.2, -0.15) is 0 Å². The number of likely N-dealkylation sites (tertiary alicyclic amines) is 1. The Morgan fingerprint density at radius 1 is 0.821 bits per heavy atom. The molecule has 0 unspecified atom stereocenters. The van der Waals surface area contributed by atoms with Gasteiger partial charge in [-0.25, -0.2) is 4.79 Å². The van der Waals surface area contributed by atoms with Crippen molar-refractivity contribution in [1.82, 2.24) is 15.5 Å². The molecule has 0 bridgehead atoms. The summed E-state index contributed by atoms with van der Waals surface area (Å²) in [4.78, 5) is 26.4. The normalized spacial score (nSPS) is 14.3. The molecule has 0 spiro atoms. The minimum absolute atomic E-state index is 0.0625. The number of benzene rings is 2. The molecule has 6 nitrogen and oxygen atoms in total. The molecule has 1 fully saturated rings. The van der Waals surface area contributed by atoms with Gasteiger partial charge < -0.3 is 16.0 Å². The molecule has 2 aromatic carbocycles. The van der Waals surface area contributed by atoms with Crippen LogP contribution in [0.15, 0.2) is 54.6 Å². The summed E-state index contributed by atoms with van der Waals surface area (Å²) >= 11 is 0. The predicted octanol–water partition coefficient (Wildman–Crippen LogP) is 3.11. The second kappa shape index (κ2) is 10.5. The van der Waals surface area contributed by atoms with Gasteiger partial charge in [0, 0.05) is 18.8 Å². The smallest absolute Gasteiger partial charge is 0.319 e. The van der Waals surface area contributed by atoms with E-state index in [4.69, 9.17) is 0 Å². The van der Waals surface area contributed by atoms with E-state index in [1.54, 1.807) is 12.1 Å². The summed E-state index contributed by atoms with van der Waals surface area (Å²) in [7, 11) is 0. The number of urea groups is 1. The Morgan fingerprint density at radius 3 is 2.25 bits per heavy atom. The number of nitrogens with zero attached hydrogens (tertiary/aromatic N) is 1. The van der Waals surface area contributed by atoms with Crippen LogP contribution in [0.25, 0.3) is 0 Å². The van der Waals surface area contributed by atoms with Crippen LogP contribution in [0.1, 0.15) is 30.4 Å². The number of hydrogen-bond donors (Lipinski definition) is 3. The number of carbonyl (C=O) groups excluding carboxylic acids is 2. The van der Waals surface area contributed by atoms with Gasteiger partial charge in [-0.15, -0.1) is 0 Å². The van der Waals surface area contributed by atoms with E-state index in [-0.39, 0.29) is 12.5 Å². The molecule has 0 saturated carbocycles. The molecule has 1 heterocycles. The maximum absolute atomic E-state index is 12.1. The zero-order valence-electron chi connectivity index (χ0n) is 16.1. The molecule has 1 aliphatic heterocycles. The summed E-state index contributed by atoms with van der Waals surface area (Å²) in [5.74, 6) is -0.212. The number of carbonyl (C=O) groups is 2. The number of para-hydroxylation sites is 1. The van der Waals surface area contributed by atoms with Gasteiger partial charge in [-0.3, -0.25) is 9.69 Å². The highest BCUT2D eigenvalue weighted by Crippen LogP contribution is 2.16. The lowest BCUT2D eigenvalue weighted by Gasteiger charge is -2.27. The highest BCUT2D eigenvalue weighted by atomic mass is 16.2. The number of rotatable bonds is 7. The maximum atomic E-state index is 12.1. The minimum Gasteiger partial charge on any atom is -0.350 e. The summed E-state index contributed by atoms with van der Waals surface area (Å²) in [5.41, 5.74) is 3.06. The number of piperidine rings is 1. The second-order valence-corrected chi connectivity index (χ2v) is 7.06. The van der Waals surface area contributed by atoms with Crippen molar-refractivity contribution >= 4 is 17.6 Å². The average Bonchev–Trinajstić information content (AvgIpc) is 2.73. The van der Waals surface area contributed by atoms with Gasteiger partial charge in [0.1, 0.15) is 0 Å². The third-order valence-electron chi connectivity index (χ3n) is 4.88. The van der Waals surface area contributed by atoms with E-state index >= 15 is 0 Å². The van der Waals surface area contributed by atoms with Crippen molar-refractivity contribution in [2.45, 2.75) is 32.4 Å². The standard InChI is InChI=1S/C22H28N4O2/c27-21(16-24-22(28)25-20-11-3-1-4-12-20)23-15-18-9-5-6-10-19(18)17-26-13-7-2-8-14-26/h1,3-6,9-12H,2,7-8,13-17H2,(H,23,27)(H2,24,25,28). The molecule has 6 heteroatoms. The number of hydrogen-bond acceptors (Lipinski definition) is 3. The maximum Gasteiger partial charge on any atom is 0.319 e. The highest BCUT2D eigenvalue weighted by Gasteiger charge is 2.13. The Hall–Kier alpha value is -2.86. The van der Waals surface area contributed by atoms with Gasteiger partial charge >= 0.3 is 6.03 Å². The lowest BCUT2D eigenvalue weighted by Crippen LogP contribution is -2.38. The van der Waals surface area contributed by atoms with E-state index in [0.29, 0.717) is 12.2 Å². The van der Waals surface area contributed by atoms with Crippen LogP contribution < -0.4 is 16.0 Å². The molecule has 148 valence electrons. The van der Waals surface area contributed by atoms with Gasteiger partial charge in [0.25, 0.3) is 0 Å². The summed E-state index contributed by atoms with van der Waals surface area (Å²) < 4.78 is 0. The fourth-order valence-corrected chi connectivity index (χ4v) is 3.36. The van der Waals surface area contributed by atoms with Crippen molar-refractivity contribution in [2.24, 2.45) is 0 Å². The van der Waals surface area contributed by atoms with Crippen LogP contribution in [0.4, 0.5) is 10.5 Å². The third kappa shape index (κ3) is 6.39. The van der Waals surface area contributed by atoms with Crippen LogP contribution in [0.2, 0.25) is 0 Å². The summed E-state index contributed by atoms with van der Waals surface area (Å²) in [5, 5.41) is 8.16. The Morgan fingerprint density at radius 2 is 1.50 bits per heavy atom. The first-order chi connectivity index (χ1) is 13.7. The number of nitrogens with one attached hydrogen (secondary N) is 3. The van der Waals surface area contributed by atoms with E-state index in [1.165, 1.54) is 24.8 Å². The Bertz CT molecular complexity index is 773. The Labute approximate surface area is 166 Å². The quantitative estimate of drug-likeness (QED) is 0.691. The molecule has 28 heavy (non-hydrogen) atoms. The van der Waals surface area contributed by atoms with Gasteiger partial charge in [0.15, 0.2) is 0 Å². The molecule has 0 atom stereocenters. The number of anilines is 1. The molecular formula is C22H28N4O2. The summed E-state index contributed by atoms with van der Waals surface area (Å²) in [6.45, 7) is 3.60. The Kier molecular flexibility index (Phi) is 7.44. The van der Waals surface area contributed by atoms with Crippen LogP contribution in [0.3, 0.4) is 0 Å². The van der Waals surface area contributed by atoms with E-state index in [9.17, 15) is 9.59 Å². The van der Waals surface area contributed by atoms with Crippen molar-refractivity contribution in [1.29, 1.82) is 0 Å². The topological polar surface area (TPSA) is 73.5 Å². The van der Waals surface area contributed by atoms with Crippen molar-refractivity contribution in [3.63, 3.8) is 0 Å². The van der Waals surface area contributed by atoms with E-state index in [0.717, 1.165) is 25.2 Å². The SMILES string of the molecule is O=C(CNC(=O)Nc1ccccc1)NCc1ccccc1CN1CCCCC1. The fraction of sp³-hybridized carbons (Fsp3) is 0.364. The largest absolute Gasteiger partial charge is 0.350 e. The lowest BCUT2D eigenvalue weighted by atomic mass is 10.0. The lowest BCUT2D eigenvalue weighted by molar-refractivity contribution is -0.120. The molecule has 3 rings (SSSR count). The first-order valence-corrected chi connectivity index (χ1v) is 9.86. The summed E-state index contributed by atoms with van der Waals surface area (Å²) in [6.07, 6.45) is 3.84. The zero-order chi connectivity index (χ0) is 19.6. The molecule has 1 saturated heterocycles. The van der Waals surface area contributed by atoms with Crippen LogP contribution in [0.5, 0.6) is 0 Å². The van der Waals surface area contributed by atoms with Gasteiger partial charge in [-0.05, 0) is 49.2 Å². The molecule has 3 amide bonds. The van der Waals surface area contributed by atoms with E-state index in [1.807, 2.05) is 30.3 Å². The number of amides is 3. The van der Waals surface area contributed by atoms with Gasteiger partial charge in [0.2, 0.25) is 5.91 Å². The Balaban J connectivity index is 1.43. The van der Waals surface area contributed by atoms with Crippen molar-refractivity contribution in [3.05, 3.63) is 65.7 Å². The van der Waals surface area contributed by atoms with Crippen molar-refractivity contribution in [2.75, 3.05) is 25.0 Å². The fourth-order valence-electron chi connectivity index (χ4n) is 3.36. The van der Waals surface area contributed by atoms with Crippen molar-refractivity contribution < 1.29 is 9.59 Å². The molecule has 0 radical (unpaired) electrons. The first kappa shape index (κ1) is 19.9. The van der Waals surface area contributed by atoms with Gasteiger partial charge in [-0.1, -0.05) is 48.9 Å². The molecule has 3 N–H and O–H groups in total. The monoisotopic (exact) mass is 380 g/mol. The second-order valence-electron chi connectivity index (χ2n) is 7.06. The zero-order valence-corrected chi connectivity index (χ0v) is 16.1. The third-order valence-corrected chi connectivity index (χ3v) is 4.88. The predicted molar refractivity (Wildman–Crippen MR) is 111 cm³/mol. The van der Waals surface area contributed by atoms with Crippen molar-refractivity contribution in [3.8, 4) is 0 Å². The van der Waals surface area contributed by atoms with E-state index in [2.05, 4.69) is 33.0 Å². The molecule has 1 aliphatic rings. The molecule has 0 aromatic heterocycles. The summed E-state index contributed by atoms with van der Waals surface area (Å²) in [6, 6.07) is 16.9. The van der Waals surface area contributed by atoms with Crippen LogP contribution >= 0.6 is 0 Å². The van der Waals surface area contributed by atoms with Crippen LogP contribution in [-0.4, -0.2) is 36.5 Å². The average molecular weight is 380 g/mol. The highest BCUT2D eigenvalue weighted by molar-refractivity contribution is 5.92. The van der Waals surface area contributed by atoms with Gasteiger partial charge in [0.05, 0.1) is 6.54 Å². The van der Waals surface area contributed by atoms with E-state index < -0.39 is 6.03 Å². The first-order valence-electron chi connectivity index (χ1n) is 9.86. The van der Waals surface area contributed by atoms with Crippen LogP contribution in [0, 0.1) is 0 Å². The molecular weight excluding hydrogens is 352 g/mol. The molecule has 2 aromatic rings. The molecule has 0 aliphatic carbocycles. The van der Waals surface area contributed by atoms with Crippen LogP contribution in [-0.2, 0) is 17.9 Å². The minimum atomic E-state index is -0.396.